The Hall–Kier alpha value is -2.83. The van der Waals surface area contributed by atoms with Crippen LogP contribution in [0.15, 0.2) is 62.4 Å². The number of aliphatic imine (C=N–C) groups is 1. The van der Waals surface area contributed by atoms with Gasteiger partial charge in [-0.15, -0.1) is 0 Å². The van der Waals surface area contributed by atoms with Gasteiger partial charge in [0.15, 0.2) is 5.58 Å². The summed E-state index contributed by atoms with van der Waals surface area (Å²) in [6.07, 6.45) is 1.50. The Morgan fingerprint density at radius 3 is 2.75 bits per heavy atom. The van der Waals surface area contributed by atoms with Crippen molar-refractivity contribution in [2.45, 2.75) is 6.92 Å². The molecule has 0 unspecified atom stereocenters. The molecule has 0 amide bonds. The molecule has 4 aromatic rings. The zero-order chi connectivity index (χ0) is 19.8. The standard InChI is InChI=1S/C21H14BrClN2O3/c1-11-2-5-19-17(6-11)25-21(28-19)15-9-14(3-4-18(15)26)24-10-12-7-13(22)8-16(23)20(12)27/h2-10,26-27H,1H3. The average Bonchev–Trinajstić information content (AvgIpc) is 3.07. The molecule has 1 aromatic heterocycles. The number of nitrogens with zero attached hydrogens (tertiary/aromatic N) is 2. The zero-order valence-corrected chi connectivity index (χ0v) is 17.0. The third-order valence-electron chi connectivity index (χ3n) is 4.16. The van der Waals surface area contributed by atoms with Gasteiger partial charge in [0.1, 0.15) is 17.0 Å². The van der Waals surface area contributed by atoms with Gasteiger partial charge >= 0.3 is 0 Å². The van der Waals surface area contributed by atoms with E-state index in [9.17, 15) is 10.2 Å². The number of benzene rings is 3. The van der Waals surface area contributed by atoms with Crippen molar-refractivity contribution in [2.75, 3.05) is 0 Å². The van der Waals surface area contributed by atoms with Crippen molar-refractivity contribution >= 4 is 50.5 Å². The fourth-order valence-electron chi connectivity index (χ4n) is 2.76. The van der Waals surface area contributed by atoms with E-state index in [2.05, 4.69) is 25.9 Å². The molecule has 7 heteroatoms. The topological polar surface area (TPSA) is 78.9 Å². The van der Waals surface area contributed by atoms with E-state index in [-0.39, 0.29) is 16.5 Å². The summed E-state index contributed by atoms with van der Waals surface area (Å²) >= 11 is 9.32. The second kappa shape index (κ2) is 7.30. The minimum atomic E-state index is -0.0538. The molecular weight excluding hydrogens is 444 g/mol. The van der Waals surface area contributed by atoms with Gasteiger partial charge in [0.05, 0.1) is 16.3 Å². The highest BCUT2D eigenvalue weighted by atomic mass is 79.9. The lowest BCUT2D eigenvalue weighted by Crippen LogP contribution is -1.84. The number of oxazole rings is 1. The number of rotatable bonds is 3. The summed E-state index contributed by atoms with van der Waals surface area (Å²) in [4.78, 5) is 8.83. The highest BCUT2D eigenvalue weighted by Crippen LogP contribution is 2.35. The van der Waals surface area contributed by atoms with Gasteiger partial charge in [0.25, 0.3) is 0 Å². The summed E-state index contributed by atoms with van der Waals surface area (Å²) in [5.41, 5.74) is 3.88. The lowest BCUT2D eigenvalue weighted by molar-refractivity contribution is 0.473. The van der Waals surface area contributed by atoms with Crippen LogP contribution in [0.25, 0.3) is 22.6 Å². The Bertz CT molecular complexity index is 1230. The quantitative estimate of drug-likeness (QED) is 0.350. The van der Waals surface area contributed by atoms with E-state index in [1.807, 2.05) is 25.1 Å². The van der Waals surface area contributed by atoms with Gasteiger partial charge in [0, 0.05) is 16.3 Å². The van der Waals surface area contributed by atoms with Crippen molar-refractivity contribution in [1.29, 1.82) is 0 Å². The van der Waals surface area contributed by atoms with Crippen molar-refractivity contribution in [3.05, 3.63) is 69.2 Å². The van der Waals surface area contributed by atoms with Crippen molar-refractivity contribution < 1.29 is 14.6 Å². The minimum Gasteiger partial charge on any atom is -0.507 e. The monoisotopic (exact) mass is 456 g/mol. The number of phenols is 2. The normalized spacial score (nSPS) is 11.5. The van der Waals surface area contributed by atoms with Gasteiger partial charge in [-0.05, 0) is 55.0 Å². The van der Waals surface area contributed by atoms with Gasteiger partial charge in [-0.1, -0.05) is 33.6 Å². The molecule has 0 saturated carbocycles. The first-order chi connectivity index (χ1) is 13.4. The first kappa shape index (κ1) is 18.5. The first-order valence-electron chi connectivity index (χ1n) is 8.33. The molecule has 28 heavy (non-hydrogen) atoms. The van der Waals surface area contributed by atoms with Crippen LogP contribution in [0.2, 0.25) is 5.02 Å². The van der Waals surface area contributed by atoms with E-state index >= 15 is 0 Å². The number of fused-ring (bicyclic) bond motifs is 1. The van der Waals surface area contributed by atoms with E-state index in [4.69, 9.17) is 16.0 Å². The molecule has 3 aromatic carbocycles. The van der Waals surface area contributed by atoms with Gasteiger partial charge in [-0.25, -0.2) is 4.98 Å². The van der Waals surface area contributed by atoms with E-state index in [0.29, 0.717) is 28.3 Å². The number of aromatic hydroxyl groups is 2. The molecule has 140 valence electrons. The Kier molecular flexibility index (Phi) is 4.83. The third kappa shape index (κ3) is 3.61. The molecule has 0 aliphatic heterocycles. The van der Waals surface area contributed by atoms with Crippen LogP contribution in [0.3, 0.4) is 0 Å². The largest absolute Gasteiger partial charge is 0.507 e. The molecule has 0 atom stereocenters. The van der Waals surface area contributed by atoms with Crippen LogP contribution in [0.5, 0.6) is 11.5 Å². The summed E-state index contributed by atoms with van der Waals surface area (Å²) in [6.45, 7) is 1.98. The summed E-state index contributed by atoms with van der Waals surface area (Å²) < 4.78 is 6.50. The Morgan fingerprint density at radius 1 is 1.11 bits per heavy atom. The van der Waals surface area contributed by atoms with Crippen molar-refractivity contribution in [1.82, 2.24) is 4.98 Å². The summed E-state index contributed by atoms with van der Waals surface area (Å²) in [6, 6.07) is 13.8. The Balaban J connectivity index is 1.73. The number of aryl methyl sites for hydroxylation is 1. The number of aromatic nitrogens is 1. The maximum absolute atomic E-state index is 10.3. The summed E-state index contributed by atoms with van der Waals surface area (Å²) in [5.74, 6) is 0.293. The van der Waals surface area contributed by atoms with Gasteiger partial charge in [0.2, 0.25) is 5.89 Å². The van der Waals surface area contributed by atoms with E-state index in [1.54, 1.807) is 24.3 Å². The molecule has 4 rings (SSSR count). The minimum absolute atomic E-state index is 0.0376. The molecule has 2 N–H and O–H groups in total. The molecular formula is C21H14BrClN2O3. The first-order valence-corrected chi connectivity index (χ1v) is 9.50. The van der Waals surface area contributed by atoms with Crippen molar-refractivity contribution in [3.63, 3.8) is 0 Å². The SMILES string of the molecule is Cc1ccc2oc(-c3cc(N=Cc4cc(Br)cc(Cl)c4O)ccc3O)nc2c1. The average molecular weight is 458 g/mol. The zero-order valence-electron chi connectivity index (χ0n) is 14.6. The number of halogens is 2. The second-order valence-corrected chi connectivity index (χ2v) is 7.60. The summed E-state index contributed by atoms with van der Waals surface area (Å²) in [5, 5.41) is 20.6. The van der Waals surface area contributed by atoms with E-state index in [1.165, 1.54) is 12.3 Å². The highest BCUT2D eigenvalue weighted by molar-refractivity contribution is 9.10. The predicted molar refractivity (Wildman–Crippen MR) is 114 cm³/mol. The smallest absolute Gasteiger partial charge is 0.231 e. The number of phenolic OH excluding ortho intramolecular Hbond substituents is 2. The molecule has 0 fully saturated rings. The Morgan fingerprint density at radius 2 is 1.93 bits per heavy atom. The van der Waals surface area contributed by atoms with Crippen molar-refractivity contribution in [2.24, 2.45) is 4.99 Å². The molecule has 1 heterocycles. The maximum atomic E-state index is 10.3. The molecule has 0 aliphatic carbocycles. The van der Waals surface area contributed by atoms with Crippen molar-refractivity contribution in [3.8, 4) is 23.0 Å². The number of hydrogen-bond donors (Lipinski definition) is 2. The van der Waals surface area contributed by atoms with E-state index in [0.717, 1.165) is 15.6 Å². The number of hydrogen-bond acceptors (Lipinski definition) is 5. The fourth-order valence-corrected chi connectivity index (χ4v) is 3.59. The second-order valence-electron chi connectivity index (χ2n) is 6.28. The molecule has 0 saturated heterocycles. The molecule has 0 radical (unpaired) electrons. The lowest BCUT2D eigenvalue weighted by Gasteiger charge is -2.04. The molecule has 0 spiro atoms. The van der Waals surface area contributed by atoms with Crippen LogP contribution in [0.4, 0.5) is 5.69 Å². The highest BCUT2D eigenvalue weighted by Gasteiger charge is 2.13. The van der Waals surface area contributed by atoms with Gasteiger partial charge < -0.3 is 14.6 Å². The fraction of sp³-hybridized carbons (Fsp3) is 0.0476. The van der Waals surface area contributed by atoms with Gasteiger partial charge in [-0.3, -0.25) is 4.99 Å². The van der Waals surface area contributed by atoms with Crippen LogP contribution >= 0.6 is 27.5 Å². The lowest BCUT2D eigenvalue weighted by atomic mass is 10.1. The van der Waals surface area contributed by atoms with Crippen LogP contribution < -0.4 is 0 Å². The van der Waals surface area contributed by atoms with Crippen LogP contribution in [0.1, 0.15) is 11.1 Å². The maximum Gasteiger partial charge on any atom is 0.231 e. The van der Waals surface area contributed by atoms with E-state index < -0.39 is 0 Å². The predicted octanol–water partition coefficient (Wildman–Crippen LogP) is 6.38. The Labute approximate surface area is 174 Å². The van der Waals surface area contributed by atoms with Crippen LogP contribution in [-0.2, 0) is 0 Å². The van der Waals surface area contributed by atoms with Crippen LogP contribution in [0, 0.1) is 6.92 Å². The molecule has 5 nitrogen and oxygen atoms in total. The molecule has 0 aliphatic rings. The van der Waals surface area contributed by atoms with Gasteiger partial charge in [-0.2, -0.15) is 0 Å². The third-order valence-corrected chi connectivity index (χ3v) is 4.91. The summed E-state index contributed by atoms with van der Waals surface area (Å²) in [7, 11) is 0. The molecule has 0 bridgehead atoms. The van der Waals surface area contributed by atoms with Crippen LogP contribution in [-0.4, -0.2) is 21.4 Å².